The number of aromatic nitrogens is 4. The van der Waals surface area contributed by atoms with Crippen molar-refractivity contribution in [3.63, 3.8) is 0 Å². The number of hydrogen-bond donors (Lipinski definition) is 0. The highest BCUT2D eigenvalue weighted by Crippen LogP contribution is 2.45. The van der Waals surface area contributed by atoms with Crippen LogP contribution >= 0.6 is 0 Å². The minimum absolute atomic E-state index is 0.910. The summed E-state index contributed by atoms with van der Waals surface area (Å²) in [5.74, 6) is 0. The summed E-state index contributed by atoms with van der Waals surface area (Å²) in [6.07, 6.45) is 0. The first-order valence-corrected chi connectivity index (χ1v) is 14.3. The fourth-order valence-corrected chi connectivity index (χ4v) is 7.07. The van der Waals surface area contributed by atoms with Crippen molar-refractivity contribution in [2.75, 3.05) is 0 Å². The predicted octanol–water partition coefficient (Wildman–Crippen LogP) is 9.54. The maximum atomic E-state index is 5.15. The second-order valence-corrected chi connectivity index (χ2v) is 11.0. The Kier molecular flexibility index (Phi) is 4.15. The van der Waals surface area contributed by atoms with Crippen LogP contribution in [0.3, 0.4) is 0 Å². The van der Waals surface area contributed by atoms with Crippen LogP contribution in [0.2, 0.25) is 0 Å². The number of hydrogen-bond acceptors (Lipinski definition) is 2. The molecule has 0 N–H and O–H groups in total. The monoisotopic (exact) mass is 534 g/mol. The molecule has 194 valence electrons. The average molecular weight is 535 g/mol. The van der Waals surface area contributed by atoms with Gasteiger partial charge in [-0.3, -0.25) is 4.40 Å². The van der Waals surface area contributed by atoms with Crippen LogP contribution in [0.5, 0.6) is 0 Å². The van der Waals surface area contributed by atoms with E-state index >= 15 is 0 Å². The summed E-state index contributed by atoms with van der Waals surface area (Å²) >= 11 is 0. The molecule has 4 heterocycles. The summed E-state index contributed by atoms with van der Waals surface area (Å²) in [4.78, 5) is 10.2. The smallest absolute Gasteiger partial charge is 0.165 e. The van der Waals surface area contributed by atoms with E-state index in [4.69, 9.17) is 9.97 Å². The molecule has 4 heteroatoms. The van der Waals surface area contributed by atoms with E-state index in [1.54, 1.807) is 0 Å². The second-order valence-electron chi connectivity index (χ2n) is 11.0. The summed E-state index contributed by atoms with van der Waals surface area (Å²) in [5.41, 5.74) is 12.0. The third kappa shape index (κ3) is 2.76. The van der Waals surface area contributed by atoms with Crippen molar-refractivity contribution in [1.82, 2.24) is 18.9 Å². The summed E-state index contributed by atoms with van der Waals surface area (Å²) in [5, 5.41) is 6.15. The SMILES string of the molecule is c1ccc(-c2ccc3c4c5c6cccc7c8nc9ccccc9nc8n(c5ccc4n(-c4ccccc4)c3c2)c76)cc1. The van der Waals surface area contributed by atoms with Crippen molar-refractivity contribution < 1.29 is 0 Å². The zero-order valence-electron chi connectivity index (χ0n) is 22.5. The highest BCUT2D eigenvalue weighted by atomic mass is 15.0. The molecule has 0 atom stereocenters. The van der Waals surface area contributed by atoms with Crippen LogP contribution in [-0.2, 0) is 0 Å². The van der Waals surface area contributed by atoms with Crippen LogP contribution in [0, 0.1) is 0 Å². The van der Waals surface area contributed by atoms with E-state index < -0.39 is 0 Å². The third-order valence-electron chi connectivity index (χ3n) is 8.82. The van der Waals surface area contributed by atoms with E-state index in [9.17, 15) is 0 Å². The van der Waals surface area contributed by atoms with Crippen molar-refractivity contribution in [3.05, 3.63) is 133 Å². The first kappa shape index (κ1) is 22.0. The van der Waals surface area contributed by atoms with E-state index in [0.29, 0.717) is 0 Å². The highest BCUT2D eigenvalue weighted by molar-refractivity contribution is 6.32. The zero-order valence-corrected chi connectivity index (χ0v) is 22.5. The molecule has 0 unspecified atom stereocenters. The molecule has 0 aliphatic heterocycles. The molecular formula is C38H22N4. The number of benzene rings is 6. The Morgan fingerprint density at radius 1 is 0.452 bits per heavy atom. The Morgan fingerprint density at radius 3 is 1.98 bits per heavy atom. The fraction of sp³-hybridized carbons (Fsp3) is 0. The zero-order chi connectivity index (χ0) is 27.4. The molecule has 0 saturated heterocycles. The molecule has 0 amide bonds. The average Bonchev–Trinajstić information content (AvgIpc) is 3.68. The maximum absolute atomic E-state index is 5.15. The van der Waals surface area contributed by atoms with Gasteiger partial charge in [0.2, 0.25) is 0 Å². The Labute approximate surface area is 240 Å². The summed E-state index contributed by atoms with van der Waals surface area (Å²) in [6.45, 7) is 0. The molecular weight excluding hydrogens is 512 g/mol. The lowest BCUT2D eigenvalue weighted by molar-refractivity contribution is 1.18. The standard InChI is InChI=1S/C38H22N4/c1-3-10-23(11-4-1)24-18-19-26-33(22-24)41(25-12-5-2-6-13-25)31-20-21-32-35(34(26)31)27-14-9-15-28-36-38(42(32)37(27)28)40-30-17-8-7-16-29(30)39-36/h1-22H. The van der Waals surface area contributed by atoms with Gasteiger partial charge in [-0.1, -0.05) is 91.0 Å². The first-order valence-electron chi connectivity index (χ1n) is 14.3. The Balaban J connectivity index is 1.41. The molecule has 0 saturated carbocycles. The van der Waals surface area contributed by atoms with Crippen molar-refractivity contribution in [2.45, 2.75) is 0 Å². The van der Waals surface area contributed by atoms with E-state index in [-0.39, 0.29) is 0 Å². The molecule has 0 radical (unpaired) electrons. The lowest BCUT2D eigenvalue weighted by atomic mass is 10.0. The van der Waals surface area contributed by atoms with Crippen molar-refractivity contribution in [2.24, 2.45) is 0 Å². The number of para-hydroxylation sites is 4. The van der Waals surface area contributed by atoms with Gasteiger partial charge in [-0.2, -0.15) is 0 Å². The molecule has 10 rings (SSSR count). The quantitative estimate of drug-likeness (QED) is 0.221. The number of fused-ring (bicyclic) bond motifs is 11. The molecule has 0 bridgehead atoms. The summed E-state index contributed by atoms with van der Waals surface area (Å²) in [6, 6.07) is 47.5. The van der Waals surface area contributed by atoms with Gasteiger partial charge in [-0.25, -0.2) is 9.97 Å². The Hall–Kier alpha value is -5.74. The number of rotatable bonds is 2. The minimum Gasteiger partial charge on any atom is -0.309 e. The van der Waals surface area contributed by atoms with Crippen LogP contribution < -0.4 is 0 Å². The molecule has 0 aliphatic carbocycles. The molecule has 0 spiro atoms. The van der Waals surface area contributed by atoms with Gasteiger partial charge in [0.15, 0.2) is 5.65 Å². The fourth-order valence-electron chi connectivity index (χ4n) is 7.07. The van der Waals surface area contributed by atoms with Crippen LogP contribution in [0.4, 0.5) is 0 Å². The molecule has 42 heavy (non-hydrogen) atoms. The van der Waals surface area contributed by atoms with Crippen molar-refractivity contribution >= 4 is 71.2 Å². The van der Waals surface area contributed by atoms with Crippen molar-refractivity contribution in [3.8, 4) is 16.8 Å². The van der Waals surface area contributed by atoms with E-state index in [0.717, 1.165) is 38.8 Å². The molecule has 0 aliphatic rings. The molecule has 0 fully saturated rings. The summed E-state index contributed by atoms with van der Waals surface area (Å²) < 4.78 is 4.74. The van der Waals surface area contributed by atoms with Crippen molar-refractivity contribution in [1.29, 1.82) is 0 Å². The minimum atomic E-state index is 0.910. The van der Waals surface area contributed by atoms with Gasteiger partial charge in [-0.05, 0) is 53.6 Å². The Morgan fingerprint density at radius 2 is 1.14 bits per heavy atom. The first-order chi connectivity index (χ1) is 20.8. The largest absolute Gasteiger partial charge is 0.309 e. The van der Waals surface area contributed by atoms with Gasteiger partial charge in [0.1, 0.15) is 5.52 Å². The summed E-state index contributed by atoms with van der Waals surface area (Å²) in [7, 11) is 0. The van der Waals surface area contributed by atoms with Crippen LogP contribution in [-0.4, -0.2) is 18.9 Å². The normalized spacial score (nSPS) is 12.3. The van der Waals surface area contributed by atoms with E-state index in [2.05, 4.69) is 118 Å². The lowest BCUT2D eigenvalue weighted by Gasteiger charge is -2.09. The molecule has 6 aromatic carbocycles. The van der Waals surface area contributed by atoms with Crippen LogP contribution in [0.15, 0.2) is 133 Å². The molecule has 4 aromatic heterocycles. The highest BCUT2D eigenvalue weighted by Gasteiger charge is 2.24. The van der Waals surface area contributed by atoms with Gasteiger partial charge < -0.3 is 4.57 Å². The lowest BCUT2D eigenvalue weighted by Crippen LogP contribution is -1.93. The van der Waals surface area contributed by atoms with Crippen LogP contribution in [0.1, 0.15) is 0 Å². The second kappa shape index (κ2) is 7.93. The van der Waals surface area contributed by atoms with Crippen LogP contribution in [0.25, 0.3) is 88.0 Å². The van der Waals surface area contributed by atoms with Gasteiger partial charge in [0.05, 0.1) is 33.1 Å². The Bertz CT molecular complexity index is 2660. The molecule has 10 aromatic rings. The topological polar surface area (TPSA) is 35.1 Å². The number of nitrogens with zero attached hydrogens (tertiary/aromatic N) is 4. The van der Waals surface area contributed by atoms with Gasteiger partial charge in [0, 0.05) is 32.6 Å². The third-order valence-corrected chi connectivity index (χ3v) is 8.82. The predicted molar refractivity (Wildman–Crippen MR) is 174 cm³/mol. The van der Waals surface area contributed by atoms with Gasteiger partial charge >= 0.3 is 0 Å². The molecule has 4 nitrogen and oxygen atoms in total. The maximum Gasteiger partial charge on any atom is 0.165 e. The van der Waals surface area contributed by atoms with Gasteiger partial charge in [-0.15, -0.1) is 0 Å². The van der Waals surface area contributed by atoms with E-state index in [1.807, 2.05) is 24.3 Å². The van der Waals surface area contributed by atoms with Gasteiger partial charge in [0.25, 0.3) is 0 Å². The van der Waals surface area contributed by atoms with E-state index in [1.165, 1.54) is 49.2 Å².